The van der Waals surface area contributed by atoms with Crippen LogP contribution in [0.3, 0.4) is 0 Å². The van der Waals surface area contributed by atoms with Gasteiger partial charge < -0.3 is 19.5 Å². The minimum absolute atomic E-state index is 0.203. The molecule has 0 radical (unpaired) electrons. The topological polar surface area (TPSA) is 84.5 Å². The van der Waals surface area contributed by atoms with Crippen molar-refractivity contribution in [2.75, 3.05) is 5.32 Å². The first-order valence-corrected chi connectivity index (χ1v) is 8.84. The van der Waals surface area contributed by atoms with E-state index in [2.05, 4.69) is 10.6 Å². The predicted octanol–water partition coefficient (Wildman–Crippen LogP) is 3.61. The maximum Gasteiger partial charge on any atom is 0.291 e. The fourth-order valence-electron chi connectivity index (χ4n) is 2.97. The van der Waals surface area contributed by atoms with Crippen molar-refractivity contribution in [2.45, 2.75) is 25.8 Å². The predicted molar refractivity (Wildman–Crippen MR) is 92.9 cm³/mol. The quantitative estimate of drug-likeness (QED) is 0.731. The average molecular weight is 356 g/mol. The van der Waals surface area contributed by atoms with Gasteiger partial charge in [-0.15, -0.1) is 11.3 Å². The van der Waals surface area contributed by atoms with Crippen LogP contribution in [0.2, 0.25) is 0 Å². The number of furan rings is 2. The second-order valence-electron chi connectivity index (χ2n) is 5.75. The van der Waals surface area contributed by atoms with Gasteiger partial charge in [0.15, 0.2) is 5.76 Å². The van der Waals surface area contributed by atoms with E-state index in [1.807, 2.05) is 0 Å². The van der Waals surface area contributed by atoms with Gasteiger partial charge in [0.1, 0.15) is 10.8 Å². The summed E-state index contributed by atoms with van der Waals surface area (Å²) in [4.78, 5) is 26.2. The third-order valence-corrected chi connectivity index (χ3v) is 5.33. The van der Waals surface area contributed by atoms with Crippen LogP contribution in [0.25, 0.3) is 0 Å². The van der Waals surface area contributed by atoms with E-state index in [-0.39, 0.29) is 17.6 Å². The number of aryl methyl sites for hydroxylation is 1. The molecule has 7 heteroatoms. The third-order valence-electron chi connectivity index (χ3n) is 4.12. The molecule has 25 heavy (non-hydrogen) atoms. The SMILES string of the molecule is O=C(Nc1sc2c(c1C(=O)NCc1ccco1)CCC2)c1ccco1. The molecule has 0 aromatic carbocycles. The number of amides is 2. The van der Waals surface area contributed by atoms with Crippen molar-refractivity contribution in [1.82, 2.24) is 5.32 Å². The number of fused-ring (bicyclic) bond motifs is 1. The van der Waals surface area contributed by atoms with E-state index < -0.39 is 0 Å². The average Bonchev–Trinajstić information content (AvgIpc) is 3.35. The largest absolute Gasteiger partial charge is 0.467 e. The molecule has 128 valence electrons. The Morgan fingerprint density at radius 3 is 2.68 bits per heavy atom. The Balaban J connectivity index is 1.57. The van der Waals surface area contributed by atoms with E-state index in [0.29, 0.717) is 22.9 Å². The molecule has 3 aromatic heterocycles. The van der Waals surface area contributed by atoms with Gasteiger partial charge in [0.05, 0.1) is 24.6 Å². The standard InChI is InChI=1S/C18H16N2O4S/c21-16(13-6-3-9-24-13)20-18-15(12-5-1-7-14(12)25-18)17(22)19-10-11-4-2-8-23-11/h2-4,6,8-9H,1,5,7,10H2,(H,19,22)(H,20,21). The number of hydrogen-bond acceptors (Lipinski definition) is 5. The first-order chi connectivity index (χ1) is 12.2. The number of hydrogen-bond donors (Lipinski definition) is 2. The highest BCUT2D eigenvalue weighted by Gasteiger charge is 2.28. The first kappa shape index (κ1) is 15.7. The van der Waals surface area contributed by atoms with Gasteiger partial charge in [0.25, 0.3) is 11.8 Å². The van der Waals surface area contributed by atoms with Crippen molar-refractivity contribution in [2.24, 2.45) is 0 Å². The van der Waals surface area contributed by atoms with Crippen molar-refractivity contribution in [3.05, 3.63) is 64.3 Å². The molecule has 0 saturated heterocycles. The number of rotatable bonds is 5. The zero-order chi connectivity index (χ0) is 17.2. The molecule has 0 atom stereocenters. The van der Waals surface area contributed by atoms with Crippen LogP contribution in [-0.4, -0.2) is 11.8 Å². The van der Waals surface area contributed by atoms with Crippen LogP contribution in [0.5, 0.6) is 0 Å². The summed E-state index contributed by atoms with van der Waals surface area (Å²) >= 11 is 1.47. The molecule has 1 aliphatic carbocycles. The van der Waals surface area contributed by atoms with Crippen LogP contribution in [0.1, 0.15) is 43.5 Å². The summed E-state index contributed by atoms with van der Waals surface area (Å²) in [6.45, 7) is 0.308. The van der Waals surface area contributed by atoms with Gasteiger partial charge >= 0.3 is 0 Å². The minimum atomic E-state index is -0.356. The van der Waals surface area contributed by atoms with Crippen molar-refractivity contribution >= 4 is 28.2 Å². The molecule has 0 fully saturated rings. The molecule has 3 heterocycles. The van der Waals surface area contributed by atoms with E-state index >= 15 is 0 Å². The summed E-state index contributed by atoms with van der Waals surface area (Å²) in [6, 6.07) is 6.82. The lowest BCUT2D eigenvalue weighted by Crippen LogP contribution is -2.24. The van der Waals surface area contributed by atoms with Gasteiger partial charge in [-0.25, -0.2) is 0 Å². The fourth-order valence-corrected chi connectivity index (χ4v) is 4.26. The highest BCUT2D eigenvalue weighted by molar-refractivity contribution is 7.17. The molecule has 2 N–H and O–H groups in total. The molecule has 1 aliphatic rings. The molecular formula is C18H16N2O4S. The van der Waals surface area contributed by atoms with Gasteiger partial charge in [-0.05, 0) is 49.1 Å². The Morgan fingerprint density at radius 1 is 1.08 bits per heavy atom. The zero-order valence-electron chi connectivity index (χ0n) is 13.3. The highest BCUT2D eigenvalue weighted by atomic mass is 32.1. The number of nitrogens with one attached hydrogen (secondary N) is 2. The van der Waals surface area contributed by atoms with Crippen LogP contribution in [0.4, 0.5) is 5.00 Å². The van der Waals surface area contributed by atoms with Gasteiger partial charge in [0.2, 0.25) is 0 Å². The Labute approximate surface area is 147 Å². The summed E-state index contributed by atoms with van der Waals surface area (Å²) in [6.07, 6.45) is 5.84. The molecule has 0 unspecified atom stereocenters. The van der Waals surface area contributed by atoms with Gasteiger partial charge in [-0.3, -0.25) is 9.59 Å². The van der Waals surface area contributed by atoms with Crippen molar-refractivity contribution < 1.29 is 18.4 Å². The Hall–Kier alpha value is -2.80. The van der Waals surface area contributed by atoms with Crippen LogP contribution in [0, 0.1) is 0 Å². The number of anilines is 1. The summed E-state index contributed by atoms with van der Waals surface area (Å²) in [5.41, 5.74) is 1.60. The van der Waals surface area contributed by atoms with E-state index in [1.165, 1.54) is 17.6 Å². The van der Waals surface area contributed by atoms with Crippen molar-refractivity contribution in [3.8, 4) is 0 Å². The van der Waals surface area contributed by atoms with E-state index in [9.17, 15) is 9.59 Å². The molecule has 0 aliphatic heterocycles. The maximum atomic E-state index is 12.7. The molecule has 0 spiro atoms. The second-order valence-corrected chi connectivity index (χ2v) is 6.86. The van der Waals surface area contributed by atoms with Gasteiger partial charge in [-0.2, -0.15) is 0 Å². The maximum absolute atomic E-state index is 12.7. The smallest absolute Gasteiger partial charge is 0.291 e. The van der Waals surface area contributed by atoms with Crippen molar-refractivity contribution in [3.63, 3.8) is 0 Å². The summed E-state index contributed by atoms with van der Waals surface area (Å²) < 4.78 is 10.4. The molecule has 0 saturated carbocycles. The number of carbonyl (C=O) groups is 2. The first-order valence-electron chi connectivity index (χ1n) is 8.02. The molecule has 3 aromatic rings. The number of carbonyl (C=O) groups excluding carboxylic acids is 2. The lowest BCUT2D eigenvalue weighted by Gasteiger charge is -2.08. The second kappa shape index (κ2) is 6.60. The van der Waals surface area contributed by atoms with E-state index in [1.54, 1.807) is 30.5 Å². The van der Waals surface area contributed by atoms with Crippen molar-refractivity contribution in [1.29, 1.82) is 0 Å². The van der Waals surface area contributed by atoms with Gasteiger partial charge in [-0.1, -0.05) is 0 Å². The Morgan fingerprint density at radius 2 is 1.92 bits per heavy atom. The van der Waals surface area contributed by atoms with Crippen LogP contribution < -0.4 is 10.6 Å². The molecule has 2 amide bonds. The van der Waals surface area contributed by atoms with Crippen LogP contribution >= 0.6 is 11.3 Å². The Kier molecular flexibility index (Phi) is 4.15. The third kappa shape index (κ3) is 3.10. The molecule has 4 rings (SSSR count). The fraction of sp³-hybridized carbons (Fsp3) is 0.222. The van der Waals surface area contributed by atoms with E-state index in [4.69, 9.17) is 8.83 Å². The summed E-state index contributed by atoms with van der Waals surface area (Å²) in [7, 11) is 0. The number of thiophene rings is 1. The van der Waals surface area contributed by atoms with Gasteiger partial charge in [0, 0.05) is 4.88 Å². The lowest BCUT2D eigenvalue weighted by atomic mass is 10.1. The monoisotopic (exact) mass is 356 g/mol. The molecule has 0 bridgehead atoms. The summed E-state index contributed by atoms with van der Waals surface area (Å²) in [5.74, 6) is 0.340. The normalized spacial score (nSPS) is 12.8. The Bertz CT molecular complexity index is 894. The molecular weight excluding hydrogens is 340 g/mol. The van der Waals surface area contributed by atoms with Crippen LogP contribution in [-0.2, 0) is 19.4 Å². The minimum Gasteiger partial charge on any atom is -0.467 e. The molecule has 6 nitrogen and oxygen atoms in total. The lowest BCUT2D eigenvalue weighted by molar-refractivity contribution is 0.0948. The van der Waals surface area contributed by atoms with Crippen LogP contribution in [0.15, 0.2) is 45.6 Å². The highest BCUT2D eigenvalue weighted by Crippen LogP contribution is 2.39. The zero-order valence-corrected chi connectivity index (χ0v) is 14.2. The van der Waals surface area contributed by atoms with E-state index in [0.717, 1.165) is 29.7 Å². The summed E-state index contributed by atoms with van der Waals surface area (Å²) in [5, 5.41) is 6.26.